The zero-order chi connectivity index (χ0) is 18.9. The van der Waals surface area contributed by atoms with E-state index in [9.17, 15) is 14.0 Å². The van der Waals surface area contributed by atoms with E-state index in [0.717, 1.165) is 6.08 Å². The summed E-state index contributed by atoms with van der Waals surface area (Å²) in [7, 11) is 0. The standard InChI is InChI=1S/C20H20FNO4/c1-3-25-18-11-7-6-10-17(18)22-20(24)14(2)26-19(23)13-12-15-8-4-5-9-16(15)21/h4-14H,3H2,1-2H3,(H,22,24)/b13-12+/t14-/m0/s1. The highest BCUT2D eigenvalue weighted by Gasteiger charge is 2.18. The number of benzene rings is 2. The topological polar surface area (TPSA) is 64.6 Å². The van der Waals surface area contributed by atoms with E-state index in [4.69, 9.17) is 9.47 Å². The molecule has 5 nitrogen and oxygen atoms in total. The fourth-order valence-electron chi connectivity index (χ4n) is 2.12. The summed E-state index contributed by atoms with van der Waals surface area (Å²) in [5.41, 5.74) is 0.747. The lowest BCUT2D eigenvalue weighted by atomic mass is 10.2. The minimum absolute atomic E-state index is 0.257. The van der Waals surface area contributed by atoms with Gasteiger partial charge in [0, 0.05) is 11.6 Å². The van der Waals surface area contributed by atoms with E-state index in [2.05, 4.69) is 5.32 Å². The average Bonchev–Trinajstić information content (AvgIpc) is 2.63. The molecule has 0 aromatic heterocycles. The van der Waals surface area contributed by atoms with Crippen LogP contribution in [-0.4, -0.2) is 24.6 Å². The number of rotatable bonds is 7. The van der Waals surface area contributed by atoms with Crippen molar-refractivity contribution in [3.05, 3.63) is 66.0 Å². The molecule has 0 unspecified atom stereocenters. The van der Waals surface area contributed by atoms with Crippen molar-refractivity contribution in [2.24, 2.45) is 0 Å². The van der Waals surface area contributed by atoms with Gasteiger partial charge in [0.25, 0.3) is 5.91 Å². The fourth-order valence-corrected chi connectivity index (χ4v) is 2.12. The van der Waals surface area contributed by atoms with E-state index in [-0.39, 0.29) is 5.56 Å². The van der Waals surface area contributed by atoms with E-state index in [0.29, 0.717) is 18.0 Å². The molecule has 0 saturated heterocycles. The monoisotopic (exact) mass is 357 g/mol. The van der Waals surface area contributed by atoms with Gasteiger partial charge in [-0.05, 0) is 38.1 Å². The molecule has 0 fully saturated rings. The second kappa shape index (κ2) is 9.36. The first-order valence-electron chi connectivity index (χ1n) is 8.17. The lowest BCUT2D eigenvalue weighted by Crippen LogP contribution is -2.29. The van der Waals surface area contributed by atoms with Crippen LogP contribution in [0.25, 0.3) is 6.08 Å². The van der Waals surface area contributed by atoms with Crippen molar-refractivity contribution in [1.82, 2.24) is 0 Å². The summed E-state index contributed by atoms with van der Waals surface area (Å²) in [4.78, 5) is 24.0. The predicted octanol–water partition coefficient (Wildman–Crippen LogP) is 3.81. The van der Waals surface area contributed by atoms with Crippen LogP contribution in [0.15, 0.2) is 54.6 Å². The van der Waals surface area contributed by atoms with Gasteiger partial charge in [-0.2, -0.15) is 0 Å². The molecule has 1 N–H and O–H groups in total. The Morgan fingerprint density at radius 2 is 1.85 bits per heavy atom. The predicted molar refractivity (Wildman–Crippen MR) is 97.2 cm³/mol. The van der Waals surface area contributed by atoms with Gasteiger partial charge in [0.15, 0.2) is 6.10 Å². The normalized spacial score (nSPS) is 11.8. The smallest absolute Gasteiger partial charge is 0.331 e. The van der Waals surface area contributed by atoms with Crippen molar-refractivity contribution in [2.45, 2.75) is 20.0 Å². The second-order valence-corrected chi connectivity index (χ2v) is 5.35. The molecule has 2 aromatic carbocycles. The molecule has 1 atom stereocenters. The van der Waals surface area contributed by atoms with Crippen molar-refractivity contribution < 1.29 is 23.5 Å². The molecule has 2 rings (SSSR count). The van der Waals surface area contributed by atoms with Gasteiger partial charge in [-0.15, -0.1) is 0 Å². The number of nitrogens with one attached hydrogen (secondary N) is 1. The van der Waals surface area contributed by atoms with Crippen LogP contribution in [0.1, 0.15) is 19.4 Å². The van der Waals surface area contributed by atoms with Crippen LogP contribution in [0.2, 0.25) is 0 Å². The van der Waals surface area contributed by atoms with Crippen molar-refractivity contribution in [1.29, 1.82) is 0 Å². The van der Waals surface area contributed by atoms with Gasteiger partial charge in [0.05, 0.1) is 12.3 Å². The summed E-state index contributed by atoms with van der Waals surface area (Å²) < 4.78 is 24.0. The largest absolute Gasteiger partial charge is 0.492 e. The Bertz CT molecular complexity index is 804. The molecule has 6 heteroatoms. The maximum absolute atomic E-state index is 13.5. The SMILES string of the molecule is CCOc1ccccc1NC(=O)[C@H](C)OC(=O)/C=C/c1ccccc1F. The molecule has 0 radical (unpaired) electrons. The molecule has 0 bridgehead atoms. The summed E-state index contributed by atoms with van der Waals surface area (Å²) in [5, 5.41) is 2.66. The van der Waals surface area contributed by atoms with Gasteiger partial charge in [0.1, 0.15) is 11.6 Å². The number of para-hydroxylation sites is 2. The van der Waals surface area contributed by atoms with Gasteiger partial charge in [-0.25, -0.2) is 9.18 Å². The first kappa shape index (κ1) is 19.2. The first-order valence-corrected chi connectivity index (χ1v) is 8.17. The van der Waals surface area contributed by atoms with Crippen LogP contribution in [0.3, 0.4) is 0 Å². The van der Waals surface area contributed by atoms with E-state index < -0.39 is 23.8 Å². The number of carbonyl (C=O) groups excluding carboxylic acids is 2. The second-order valence-electron chi connectivity index (χ2n) is 5.35. The Hall–Kier alpha value is -3.15. The lowest BCUT2D eigenvalue weighted by Gasteiger charge is -2.15. The van der Waals surface area contributed by atoms with E-state index in [1.165, 1.54) is 25.1 Å². The number of halogens is 1. The number of ether oxygens (including phenoxy) is 2. The van der Waals surface area contributed by atoms with E-state index >= 15 is 0 Å². The van der Waals surface area contributed by atoms with Crippen molar-refractivity contribution in [3.63, 3.8) is 0 Å². The molecule has 0 aliphatic carbocycles. The molecule has 2 aromatic rings. The first-order chi connectivity index (χ1) is 12.5. The Labute approximate surface area is 151 Å². The molecule has 0 heterocycles. The molecular formula is C20H20FNO4. The van der Waals surface area contributed by atoms with Crippen LogP contribution in [0, 0.1) is 5.82 Å². The number of carbonyl (C=O) groups is 2. The third-order valence-electron chi connectivity index (χ3n) is 3.41. The van der Waals surface area contributed by atoms with Gasteiger partial charge in [-0.3, -0.25) is 4.79 Å². The van der Waals surface area contributed by atoms with Crippen molar-refractivity contribution in [3.8, 4) is 5.75 Å². The molecule has 0 aliphatic rings. The van der Waals surface area contributed by atoms with Gasteiger partial charge >= 0.3 is 5.97 Å². The average molecular weight is 357 g/mol. The Kier molecular flexibility index (Phi) is 6.91. The van der Waals surface area contributed by atoms with Gasteiger partial charge in [0.2, 0.25) is 0 Å². The quantitative estimate of drug-likeness (QED) is 0.605. The van der Waals surface area contributed by atoms with Crippen molar-refractivity contribution >= 4 is 23.6 Å². The zero-order valence-electron chi connectivity index (χ0n) is 14.6. The molecule has 26 heavy (non-hydrogen) atoms. The van der Waals surface area contributed by atoms with Crippen LogP contribution in [0.5, 0.6) is 5.75 Å². The van der Waals surface area contributed by atoms with Crippen LogP contribution in [0.4, 0.5) is 10.1 Å². The minimum Gasteiger partial charge on any atom is -0.492 e. The molecular weight excluding hydrogens is 337 g/mol. The zero-order valence-corrected chi connectivity index (χ0v) is 14.6. The Morgan fingerprint density at radius 3 is 2.58 bits per heavy atom. The van der Waals surface area contributed by atoms with Crippen LogP contribution in [-0.2, 0) is 14.3 Å². The number of hydrogen-bond donors (Lipinski definition) is 1. The minimum atomic E-state index is -1.03. The Balaban J connectivity index is 1.94. The fraction of sp³-hybridized carbons (Fsp3) is 0.200. The number of amides is 1. The summed E-state index contributed by atoms with van der Waals surface area (Å²) in [6, 6.07) is 13.0. The maximum atomic E-state index is 13.5. The molecule has 1 amide bonds. The lowest BCUT2D eigenvalue weighted by molar-refractivity contribution is -0.148. The highest BCUT2D eigenvalue weighted by molar-refractivity contribution is 5.97. The molecule has 0 saturated carbocycles. The number of esters is 1. The van der Waals surface area contributed by atoms with Gasteiger partial charge in [-0.1, -0.05) is 30.3 Å². The maximum Gasteiger partial charge on any atom is 0.331 e. The van der Waals surface area contributed by atoms with Crippen LogP contribution >= 0.6 is 0 Å². The third-order valence-corrected chi connectivity index (χ3v) is 3.41. The van der Waals surface area contributed by atoms with Gasteiger partial charge < -0.3 is 14.8 Å². The van der Waals surface area contributed by atoms with Crippen LogP contribution < -0.4 is 10.1 Å². The third kappa shape index (κ3) is 5.44. The molecule has 0 spiro atoms. The summed E-state index contributed by atoms with van der Waals surface area (Å²) in [5.74, 6) is -1.16. The molecule has 0 aliphatic heterocycles. The number of anilines is 1. The molecule has 136 valence electrons. The number of hydrogen-bond acceptors (Lipinski definition) is 4. The van der Waals surface area contributed by atoms with Crippen molar-refractivity contribution in [2.75, 3.05) is 11.9 Å². The summed E-state index contributed by atoms with van der Waals surface area (Å²) >= 11 is 0. The summed E-state index contributed by atoms with van der Waals surface area (Å²) in [6.07, 6.45) is 1.35. The van der Waals surface area contributed by atoms with E-state index in [1.54, 1.807) is 36.4 Å². The van der Waals surface area contributed by atoms with E-state index in [1.807, 2.05) is 6.92 Å². The Morgan fingerprint density at radius 1 is 1.15 bits per heavy atom. The highest BCUT2D eigenvalue weighted by atomic mass is 19.1. The summed E-state index contributed by atoms with van der Waals surface area (Å²) in [6.45, 7) is 3.75. The highest BCUT2D eigenvalue weighted by Crippen LogP contribution is 2.23.